The third-order valence-corrected chi connectivity index (χ3v) is 5.43. The van der Waals surface area contributed by atoms with Crippen LogP contribution in [-0.2, 0) is 16.0 Å². The van der Waals surface area contributed by atoms with Crippen molar-refractivity contribution in [2.75, 3.05) is 25.0 Å². The van der Waals surface area contributed by atoms with Crippen molar-refractivity contribution >= 4 is 17.5 Å². The Hall–Kier alpha value is -2.76. The molecule has 2 heterocycles. The molecule has 0 unspecified atom stereocenters. The third kappa shape index (κ3) is 4.38. The first-order valence-corrected chi connectivity index (χ1v) is 9.65. The number of nitrogens with zero attached hydrogens (tertiary/aromatic N) is 3. The topological polar surface area (TPSA) is 53.5 Å². The Labute approximate surface area is 165 Å². The summed E-state index contributed by atoms with van der Waals surface area (Å²) in [5, 5.41) is 0. The highest BCUT2D eigenvalue weighted by atomic mass is 19.1. The number of pyridine rings is 1. The van der Waals surface area contributed by atoms with E-state index in [1.165, 1.54) is 11.6 Å². The zero-order valence-corrected chi connectivity index (χ0v) is 16.6. The van der Waals surface area contributed by atoms with Crippen LogP contribution in [0.3, 0.4) is 0 Å². The molecule has 1 aliphatic rings. The number of anilines is 1. The quantitative estimate of drug-likeness (QED) is 0.718. The number of amides is 2. The van der Waals surface area contributed by atoms with Gasteiger partial charge in [-0.1, -0.05) is 25.1 Å². The van der Waals surface area contributed by atoms with E-state index in [-0.39, 0.29) is 11.8 Å². The van der Waals surface area contributed by atoms with E-state index >= 15 is 0 Å². The maximum atomic E-state index is 13.1. The minimum atomic E-state index is -0.491. The molecule has 5 nitrogen and oxygen atoms in total. The van der Waals surface area contributed by atoms with Crippen LogP contribution in [-0.4, -0.2) is 41.8 Å². The number of aromatic nitrogens is 1. The second-order valence-corrected chi connectivity index (χ2v) is 7.27. The Morgan fingerprint density at radius 1 is 1.18 bits per heavy atom. The Bertz CT molecular complexity index is 861. The van der Waals surface area contributed by atoms with E-state index in [1.54, 1.807) is 24.9 Å². The molecule has 0 radical (unpaired) electrons. The zero-order valence-electron chi connectivity index (χ0n) is 16.6. The van der Waals surface area contributed by atoms with E-state index < -0.39 is 5.95 Å². The number of aryl methyl sites for hydroxylation is 2. The summed E-state index contributed by atoms with van der Waals surface area (Å²) in [4.78, 5) is 31.5. The molecule has 6 heteroatoms. The van der Waals surface area contributed by atoms with Gasteiger partial charge in [0, 0.05) is 50.3 Å². The number of carbonyl (C=O) groups excluding carboxylic acids is 2. The lowest BCUT2D eigenvalue weighted by Gasteiger charge is -2.40. The van der Waals surface area contributed by atoms with Crippen molar-refractivity contribution in [2.24, 2.45) is 0 Å². The minimum absolute atomic E-state index is 0.0831. The smallest absolute Gasteiger partial charge is 0.226 e. The van der Waals surface area contributed by atoms with E-state index in [0.29, 0.717) is 44.0 Å². The molecule has 1 saturated heterocycles. The first kappa shape index (κ1) is 20.0. The second-order valence-electron chi connectivity index (χ2n) is 7.27. The Morgan fingerprint density at radius 2 is 1.86 bits per heavy atom. The van der Waals surface area contributed by atoms with Gasteiger partial charge in [-0.05, 0) is 42.7 Å². The number of carbonyl (C=O) groups is 2. The predicted octanol–water partition coefficient (Wildman–Crippen LogP) is 3.46. The van der Waals surface area contributed by atoms with Gasteiger partial charge in [-0.25, -0.2) is 4.98 Å². The normalized spacial score (nSPS) is 13.9. The van der Waals surface area contributed by atoms with Crippen LogP contribution >= 0.6 is 0 Å². The molecule has 0 aliphatic carbocycles. The average molecular weight is 383 g/mol. The van der Waals surface area contributed by atoms with Crippen LogP contribution in [0.2, 0.25) is 0 Å². The van der Waals surface area contributed by atoms with Gasteiger partial charge < -0.3 is 9.80 Å². The number of rotatable bonds is 6. The summed E-state index contributed by atoms with van der Waals surface area (Å²) in [5.74, 6) is 0.0402. The largest absolute Gasteiger partial charge is 0.341 e. The lowest BCUT2D eigenvalue weighted by molar-refractivity contribution is -0.135. The van der Waals surface area contributed by atoms with Crippen LogP contribution in [0.5, 0.6) is 0 Å². The summed E-state index contributed by atoms with van der Waals surface area (Å²) in [7, 11) is 1.78. The van der Waals surface area contributed by atoms with Gasteiger partial charge in [-0.2, -0.15) is 4.39 Å². The van der Waals surface area contributed by atoms with Gasteiger partial charge in [-0.15, -0.1) is 0 Å². The lowest BCUT2D eigenvalue weighted by Crippen LogP contribution is -2.48. The van der Waals surface area contributed by atoms with Gasteiger partial charge in [0.15, 0.2) is 0 Å². The first-order valence-electron chi connectivity index (χ1n) is 9.65. The predicted molar refractivity (Wildman–Crippen MR) is 107 cm³/mol. The van der Waals surface area contributed by atoms with Crippen LogP contribution in [0, 0.1) is 12.9 Å². The van der Waals surface area contributed by atoms with Crippen molar-refractivity contribution < 1.29 is 14.0 Å². The Kier molecular flexibility index (Phi) is 6.07. The fourth-order valence-corrected chi connectivity index (χ4v) is 3.47. The molecule has 1 aromatic heterocycles. The van der Waals surface area contributed by atoms with Crippen molar-refractivity contribution in [3.05, 3.63) is 59.2 Å². The van der Waals surface area contributed by atoms with Gasteiger partial charge in [0.2, 0.25) is 17.8 Å². The summed E-state index contributed by atoms with van der Waals surface area (Å²) < 4.78 is 13.1. The average Bonchev–Trinajstić information content (AvgIpc) is 2.65. The summed E-state index contributed by atoms with van der Waals surface area (Å²) in [5.41, 5.74) is 3.61. The number of halogens is 1. The Morgan fingerprint density at radius 3 is 2.46 bits per heavy atom. The van der Waals surface area contributed by atoms with E-state index in [1.807, 2.05) is 36.1 Å². The minimum Gasteiger partial charge on any atom is -0.341 e. The molecule has 0 bridgehead atoms. The van der Waals surface area contributed by atoms with Crippen molar-refractivity contribution in [1.82, 2.24) is 9.88 Å². The maximum absolute atomic E-state index is 13.1. The monoisotopic (exact) mass is 383 g/mol. The van der Waals surface area contributed by atoms with Gasteiger partial charge in [0.05, 0.1) is 0 Å². The van der Waals surface area contributed by atoms with Crippen molar-refractivity contribution in [3.8, 4) is 0 Å². The summed E-state index contributed by atoms with van der Waals surface area (Å²) in [6.07, 6.45) is 1.46. The molecule has 1 fully saturated rings. The summed E-state index contributed by atoms with van der Waals surface area (Å²) in [6.45, 7) is 5.03. The molecule has 2 aromatic rings. The number of benzene rings is 1. The van der Waals surface area contributed by atoms with Crippen molar-refractivity contribution in [2.45, 2.75) is 39.0 Å². The fraction of sp³-hybridized carbons (Fsp3) is 0.409. The van der Waals surface area contributed by atoms with Crippen LogP contribution < -0.4 is 4.90 Å². The molecule has 1 aliphatic heterocycles. The third-order valence-electron chi connectivity index (χ3n) is 5.43. The van der Waals surface area contributed by atoms with E-state index in [2.05, 4.69) is 4.98 Å². The first-order chi connectivity index (χ1) is 13.4. The zero-order chi connectivity index (χ0) is 20.3. The van der Waals surface area contributed by atoms with Gasteiger partial charge in [-0.3, -0.25) is 9.59 Å². The van der Waals surface area contributed by atoms with Gasteiger partial charge in [0.25, 0.3) is 0 Å². The van der Waals surface area contributed by atoms with Gasteiger partial charge in [0.1, 0.15) is 0 Å². The summed E-state index contributed by atoms with van der Waals surface area (Å²) in [6, 6.07) is 11.0. The highest BCUT2D eigenvalue weighted by molar-refractivity contribution is 5.92. The lowest BCUT2D eigenvalue weighted by atomic mass is 9.90. The van der Waals surface area contributed by atoms with Gasteiger partial charge >= 0.3 is 0 Å². The standard InChI is InChI=1S/C22H26FN3O2/c1-4-21(27)25(3)19-9-5-17(6-10-19)18-13-26(14-18)22(28)12-8-16-7-11-20(23)24-15(16)2/h5-7,9-11,18H,4,8,12-14H2,1-3H3. The number of hydrogen-bond acceptors (Lipinski definition) is 3. The van der Waals surface area contributed by atoms with Crippen LogP contribution in [0.1, 0.15) is 42.5 Å². The fourth-order valence-electron chi connectivity index (χ4n) is 3.47. The van der Waals surface area contributed by atoms with E-state index in [4.69, 9.17) is 0 Å². The van der Waals surface area contributed by atoms with Crippen LogP contribution in [0.4, 0.5) is 10.1 Å². The molecule has 0 spiro atoms. The number of hydrogen-bond donors (Lipinski definition) is 0. The molecule has 0 saturated carbocycles. The molecule has 2 amide bonds. The summed E-state index contributed by atoms with van der Waals surface area (Å²) >= 11 is 0. The highest BCUT2D eigenvalue weighted by Gasteiger charge is 2.31. The Balaban J connectivity index is 1.49. The molecule has 148 valence electrons. The molecule has 0 N–H and O–H groups in total. The molecule has 28 heavy (non-hydrogen) atoms. The molecule has 1 aromatic carbocycles. The molecule has 3 rings (SSSR count). The number of likely N-dealkylation sites (tertiary alicyclic amines) is 1. The maximum Gasteiger partial charge on any atom is 0.226 e. The van der Waals surface area contributed by atoms with Crippen molar-refractivity contribution in [3.63, 3.8) is 0 Å². The highest BCUT2D eigenvalue weighted by Crippen LogP contribution is 2.29. The van der Waals surface area contributed by atoms with Crippen molar-refractivity contribution in [1.29, 1.82) is 0 Å². The van der Waals surface area contributed by atoms with E-state index in [0.717, 1.165) is 11.3 Å². The van der Waals surface area contributed by atoms with E-state index in [9.17, 15) is 14.0 Å². The van der Waals surface area contributed by atoms with Crippen LogP contribution in [0.15, 0.2) is 36.4 Å². The SMILES string of the molecule is CCC(=O)N(C)c1ccc(C2CN(C(=O)CCc3ccc(F)nc3C)C2)cc1. The molecule has 0 atom stereocenters. The van der Waals surface area contributed by atoms with Crippen LogP contribution in [0.25, 0.3) is 0 Å². The second kappa shape index (κ2) is 8.50. The molecular weight excluding hydrogens is 357 g/mol. The molecular formula is C22H26FN3O2.